The number of Topliss-reactive ketones (excluding diaryl/α,β-unsaturated/α-hetero) is 1. The van der Waals surface area contributed by atoms with Gasteiger partial charge in [-0.2, -0.15) is 0 Å². The third kappa shape index (κ3) is 2.58. The molecule has 0 amide bonds. The molecule has 3 rings (SSSR count). The van der Waals surface area contributed by atoms with Crippen LogP contribution in [0.4, 0.5) is 0 Å². The van der Waals surface area contributed by atoms with E-state index < -0.39 is 0 Å². The van der Waals surface area contributed by atoms with Crippen LogP contribution in [0.5, 0.6) is 0 Å². The Morgan fingerprint density at radius 1 is 1.27 bits per heavy atom. The van der Waals surface area contributed by atoms with Crippen LogP contribution in [0.3, 0.4) is 0 Å². The van der Waals surface area contributed by atoms with Crippen LogP contribution in [0.15, 0.2) is 24.7 Å². The molecule has 0 atom stereocenters. The van der Waals surface area contributed by atoms with E-state index in [4.69, 9.17) is 4.98 Å². The van der Waals surface area contributed by atoms with Gasteiger partial charge in [0.05, 0.1) is 23.1 Å². The lowest BCUT2D eigenvalue weighted by molar-refractivity contribution is -0.117. The third-order valence-electron chi connectivity index (χ3n) is 3.81. The summed E-state index contributed by atoms with van der Waals surface area (Å²) in [6, 6.07) is 3.89. The molecule has 5 heteroatoms. The van der Waals surface area contributed by atoms with Gasteiger partial charge < -0.3 is 9.36 Å². The van der Waals surface area contributed by atoms with Crippen LogP contribution in [0.2, 0.25) is 0 Å². The van der Waals surface area contributed by atoms with Gasteiger partial charge in [0, 0.05) is 19.2 Å². The van der Waals surface area contributed by atoms with Crippen LogP contribution in [0.1, 0.15) is 45.2 Å². The van der Waals surface area contributed by atoms with Crippen molar-refractivity contribution in [2.24, 2.45) is 0 Å². The Balaban J connectivity index is 2.16. The van der Waals surface area contributed by atoms with E-state index >= 15 is 0 Å². The molecule has 0 aromatic carbocycles. The maximum atomic E-state index is 11.1. The minimum atomic E-state index is 0.219. The van der Waals surface area contributed by atoms with Crippen molar-refractivity contribution in [1.29, 1.82) is 0 Å². The van der Waals surface area contributed by atoms with Gasteiger partial charge in [0.25, 0.3) is 0 Å². The lowest BCUT2D eigenvalue weighted by Gasteiger charge is -2.10. The summed E-state index contributed by atoms with van der Waals surface area (Å²) >= 11 is 0. The topological polar surface area (TPSA) is 60.7 Å². The molecule has 3 heterocycles. The number of pyridine rings is 2. The van der Waals surface area contributed by atoms with Crippen molar-refractivity contribution in [3.05, 3.63) is 30.4 Å². The van der Waals surface area contributed by atoms with Crippen LogP contribution < -0.4 is 0 Å². The highest BCUT2D eigenvalue weighted by atomic mass is 16.1. The summed E-state index contributed by atoms with van der Waals surface area (Å²) < 4.78 is 2.10. The second-order valence-electron chi connectivity index (χ2n) is 5.96. The average molecular weight is 296 g/mol. The van der Waals surface area contributed by atoms with Crippen molar-refractivity contribution in [2.45, 2.75) is 46.1 Å². The van der Waals surface area contributed by atoms with Crippen molar-refractivity contribution >= 4 is 27.9 Å². The highest BCUT2D eigenvalue weighted by Gasteiger charge is 2.16. The van der Waals surface area contributed by atoms with Gasteiger partial charge in [-0.3, -0.25) is 4.98 Å². The molecule has 0 spiro atoms. The van der Waals surface area contributed by atoms with E-state index in [0.29, 0.717) is 12.3 Å². The zero-order chi connectivity index (χ0) is 15.7. The van der Waals surface area contributed by atoms with Crippen molar-refractivity contribution in [1.82, 2.24) is 19.5 Å². The molecule has 0 N–H and O–H groups in total. The SMILES string of the molecule is CC(=O)CCCn1cnc2c(C(C)C)nc3cccnc3c21. The van der Waals surface area contributed by atoms with Crippen molar-refractivity contribution in [3.63, 3.8) is 0 Å². The molecule has 22 heavy (non-hydrogen) atoms. The van der Waals surface area contributed by atoms with Crippen molar-refractivity contribution in [2.75, 3.05) is 0 Å². The van der Waals surface area contributed by atoms with Crippen molar-refractivity contribution < 1.29 is 4.79 Å². The molecule has 0 aliphatic heterocycles. The maximum absolute atomic E-state index is 11.1. The number of carbonyl (C=O) groups excluding carboxylic acids is 1. The number of nitrogens with zero attached hydrogens (tertiary/aromatic N) is 4. The van der Waals surface area contributed by atoms with E-state index in [-0.39, 0.29) is 5.78 Å². The number of hydrogen-bond donors (Lipinski definition) is 0. The Morgan fingerprint density at radius 3 is 2.82 bits per heavy atom. The minimum Gasteiger partial charge on any atom is -0.329 e. The Hall–Kier alpha value is -2.30. The predicted molar refractivity (Wildman–Crippen MR) is 86.8 cm³/mol. The highest BCUT2D eigenvalue weighted by molar-refractivity contribution is 6.00. The molecule has 0 saturated carbocycles. The van der Waals surface area contributed by atoms with Gasteiger partial charge >= 0.3 is 0 Å². The van der Waals surface area contributed by atoms with Gasteiger partial charge in [-0.05, 0) is 31.4 Å². The summed E-state index contributed by atoms with van der Waals surface area (Å²) in [6.45, 7) is 6.64. The molecule has 0 aliphatic rings. The van der Waals surface area contributed by atoms with E-state index in [0.717, 1.165) is 40.7 Å². The Kier molecular flexibility index (Phi) is 3.88. The molecular weight excluding hydrogens is 276 g/mol. The molecular formula is C17H20N4O. The highest BCUT2D eigenvalue weighted by Crippen LogP contribution is 2.28. The lowest BCUT2D eigenvalue weighted by atomic mass is 10.1. The fourth-order valence-electron chi connectivity index (χ4n) is 2.74. The quantitative estimate of drug-likeness (QED) is 0.723. The van der Waals surface area contributed by atoms with E-state index in [1.807, 2.05) is 18.5 Å². The van der Waals surface area contributed by atoms with E-state index in [9.17, 15) is 4.79 Å². The first-order chi connectivity index (χ1) is 10.6. The second-order valence-corrected chi connectivity index (χ2v) is 5.96. The number of imidazole rings is 1. The van der Waals surface area contributed by atoms with Gasteiger partial charge in [-0.25, -0.2) is 9.97 Å². The standard InChI is InChI=1S/C17H20N4O/c1-11(2)14-16-17(15-13(20-14)7-4-8-18-15)21(10-19-16)9-5-6-12(3)22/h4,7-8,10-11H,5-6,9H2,1-3H3. The number of rotatable bonds is 5. The summed E-state index contributed by atoms with van der Waals surface area (Å²) in [7, 11) is 0. The Bertz CT molecular complexity index is 835. The summed E-state index contributed by atoms with van der Waals surface area (Å²) in [4.78, 5) is 24.9. The van der Waals surface area contributed by atoms with E-state index in [2.05, 4.69) is 28.4 Å². The molecule has 0 aliphatic carbocycles. The fraction of sp³-hybridized carbons (Fsp3) is 0.412. The number of hydrogen-bond acceptors (Lipinski definition) is 4. The summed E-state index contributed by atoms with van der Waals surface area (Å²) in [5.74, 6) is 0.518. The van der Waals surface area contributed by atoms with E-state index in [1.54, 1.807) is 13.1 Å². The third-order valence-corrected chi connectivity index (χ3v) is 3.81. The molecule has 0 unspecified atom stereocenters. The minimum absolute atomic E-state index is 0.219. The molecule has 0 fully saturated rings. The first-order valence-corrected chi connectivity index (χ1v) is 7.67. The van der Waals surface area contributed by atoms with Gasteiger partial charge in [0.15, 0.2) is 0 Å². The fourth-order valence-corrected chi connectivity index (χ4v) is 2.74. The summed E-state index contributed by atoms with van der Waals surface area (Å²) in [5, 5.41) is 0. The smallest absolute Gasteiger partial charge is 0.129 e. The molecule has 3 aromatic rings. The molecule has 114 valence electrons. The van der Waals surface area contributed by atoms with Crippen LogP contribution in [0.25, 0.3) is 22.1 Å². The molecule has 0 bridgehead atoms. The number of aromatic nitrogens is 4. The van der Waals surface area contributed by atoms with Crippen molar-refractivity contribution in [3.8, 4) is 0 Å². The van der Waals surface area contributed by atoms with Crippen LogP contribution in [0, 0.1) is 0 Å². The van der Waals surface area contributed by atoms with Crippen LogP contribution in [-0.4, -0.2) is 25.3 Å². The molecule has 0 saturated heterocycles. The van der Waals surface area contributed by atoms with Crippen LogP contribution in [-0.2, 0) is 11.3 Å². The zero-order valence-electron chi connectivity index (χ0n) is 13.2. The monoisotopic (exact) mass is 296 g/mol. The maximum Gasteiger partial charge on any atom is 0.129 e. The van der Waals surface area contributed by atoms with Gasteiger partial charge in [0.1, 0.15) is 16.8 Å². The van der Waals surface area contributed by atoms with Gasteiger partial charge in [-0.15, -0.1) is 0 Å². The Morgan fingerprint density at radius 2 is 2.09 bits per heavy atom. The first-order valence-electron chi connectivity index (χ1n) is 7.67. The number of ketones is 1. The summed E-state index contributed by atoms with van der Waals surface area (Å²) in [6.07, 6.45) is 5.03. The number of carbonyl (C=O) groups is 1. The number of aryl methyl sites for hydroxylation is 1. The lowest BCUT2D eigenvalue weighted by Crippen LogP contribution is -2.02. The summed E-state index contributed by atoms with van der Waals surface area (Å²) in [5.41, 5.74) is 4.72. The molecule has 5 nitrogen and oxygen atoms in total. The van der Waals surface area contributed by atoms with Gasteiger partial charge in [0.2, 0.25) is 0 Å². The zero-order valence-corrected chi connectivity index (χ0v) is 13.2. The first kappa shape index (κ1) is 14.6. The normalized spacial score (nSPS) is 11.6. The van der Waals surface area contributed by atoms with E-state index in [1.165, 1.54) is 0 Å². The molecule has 3 aromatic heterocycles. The largest absolute Gasteiger partial charge is 0.329 e. The average Bonchev–Trinajstić information content (AvgIpc) is 2.90. The molecule has 0 radical (unpaired) electrons. The van der Waals surface area contributed by atoms with Gasteiger partial charge in [-0.1, -0.05) is 13.8 Å². The predicted octanol–water partition coefficient (Wildman–Crippen LogP) is 3.47. The van der Waals surface area contributed by atoms with Crippen LogP contribution >= 0.6 is 0 Å². The number of fused-ring (bicyclic) bond motifs is 3. The Labute approximate surface area is 129 Å². The second kappa shape index (κ2) is 5.83.